The zero-order chi connectivity index (χ0) is 16.9. The highest BCUT2D eigenvalue weighted by molar-refractivity contribution is 7.11. The first-order valence-corrected chi connectivity index (χ1v) is 8.88. The predicted octanol–water partition coefficient (Wildman–Crippen LogP) is 2.87. The Kier molecular flexibility index (Phi) is 5.32. The van der Waals surface area contributed by atoms with E-state index in [2.05, 4.69) is 32.5 Å². The van der Waals surface area contributed by atoms with E-state index < -0.39 is 0 Å². The van der Waals surface area contributed by atoms with Crippen LogP contribution in [0.5, 0.6) is 0 Å². The molecule has 0 aliphatic carbocycles. The van der Waals surface area contributed by atoms with Crippen molar-refractivity contribution in [2.24, 2.45) is 4.99 Å². The summed E-state index contributed by atoms with van der Waals surface area (Å²) in [5.74, 6) is 0.721. The van der Waals surface area contributed by atoms with Crippen molar-refractivity contribution in [1.82, 2.24) is 25.0 Å². The maximum Gasteiger partial charge on any atom is 0.191 e. The van der Waals surface area contributed by atoms with Gasteiger partial charge in [0.15, 0.2) is 5.96 Å². The maximum atomic E-state index is 5.99. The highest BCUT2D eigenvalue weighted by Crippen LogP contribution is 2.13. The third kappa shape index (κ3) is 4.04. The van der Waals surface area contributed by atoms with Crippen molar-refractivity contribution >= 4 is 34.5 Å². The molecule has 2 N–H and O–H groups in total. The van der Waals surface area contributed by atoms with Crippen molar-refractivity contribution in [3.05, 3.63) is 51.3 Å². The van der Waals surface area contributed by atoms with E-state index in [4.69, 9.17) is 11.6 Å². The first-order valence-electron chi connectivity index (χ1n) is 7.69. The molecule has 0 amide bonds. The molecule has 0 aliphatic rings. The van der Waals surface area contributed by atoms with Gasteiger partial charge in [0.05, 0.1) is 23.8 Å². The summed E-state index contributed by atoms with van der Waals surface area (Å²) in [6.45, 7) is 3.37. The number of hydrogen-bond acceptors (Lipinski definition) is 4. The molecule has 8 heteroatoms. The molecule has 0 bridgehead atoms. The molecule has 126 valence electrons. The van der Waals surface area contributed by atoms with E-state index in [1.165, 1.54) is 4.88 Å². The Morgan fingerprint density at radius 1 is 1.29 bits per heavy atom. The Bertz CT molecular complexity index is 853. The molecule has 0 radical (unpaired) electrons. The van der Waals surface area contributed by atoms with Gasteiger partial charge >= 0.3 is 0 Å². The number of rotatable bonds is 5. The van der Waals surface area contributed by atoms with Gasteiger partial charge in [-0.25, -0.2) is 9.97 Å². The van der Waals surface area contributed by atoms with Gasteiger partial charge in [-0.05, 0) is 18.6 Å². The number of pyridine rings is 1. The average molecular weight is 363 g/mol. The zero-order valence-corrected chi connectivity index (χ0v) is 15.2. The fourth-order valence-corrected chi connectivity index (χ4v) is 3.22. The molecule has 0 saturated heterocycles. The fourth-order valence-electron chi connectivity index (χ4n) is 2.25. The second-order valence-electron chi connectivity index (χ2n) is 5.20. The van der Waals surface area contributed by atoms with Crippen LogP contribution in [0.3, 0.4) is 0 Å². The molecule has 0 aromatic carbocycles. The van der Waals surface area contributed by atoms with Gasteiger partial charge in [0.25, 0.3) is 0 Å². The van der Waals surface area contributed by atoms with Gasteiger partial charge in [-0.1, -0.05) is 18.5 Å². The van der Waals surface area contributed by atoms with Crippen LogP contribution in [-0.2, 0) is 19.5 Å². The van der Waals surface area contributed by atoms with Crippen molar-refractivity contribution in [3.63, 3.8) is 0 Å². The average Bonchev–Trinajstić information content (AvgIpc) is 3.20. The summed E-state index contributed by atoms with van der Waals surface area (Å²) < 4.78 is 1.91. The molecule has 3 aromatic rings. The Morgan fingerprint density at radius 3 is 2.88 bits per heavy atom. The standard InChI is InChI=1S/C16H19ClN6S/c1-3-13-7-19-15(24-13)8-21-16(18-2)20-6-12-10-23-9-11(17)4-5-14(23)22-12/h4-5,7,9-10H,3,6,8H2,1-2H3,(H2,18,20,21). The second kappa shape index (κ2) is 7.63. The number of nitrogens with zero attached hydrogens (tertiary/aromatic N) is 4. The Hall–Kier alpha value is -2.12. The summed E-state index contributed by atoms with van der Waals surface area (Å²) in [6.07, 6.45) is 6.74. The van der Waals surface area contributed by atoms with Gasteiger partial charge in [0, 0.05) is 30.5 Å². The van der Waals surface area contributed by atoms with Crippen LogP contribution in [0.2, 0.25) is 5.02 Å². The zero-order valence-electron chi connectivity index (χ0n) is 13.6. The quantitative estimate of drug-likeness (QED) is 0.541. The number of guanidine groups is 1. The van der Waals surface area contributed by atoms with E-state index in [-0.39, 0.29) is 0 Å². The first kappa shape index (κ1) is 16.7. The molecule has 0 unspecified atom stereocenters. The van der Waals surface area contributed by atoms with Crippen LogP contribution in [-0.4, -0.2) is 27.4 Å². The number of nitrogens with one attached hydrogen (secondary N) is 2. The van der Waals surface area contributed by atoms with Crippen LogP contribution < -0.4 is 10.6 Å². The molecule has 0 spiro atoms. The number of hydrogen-bond donors (Lipinski definition) is 2. The Balaban J connectivity index is 1.56. The minimum Gasteiger partial charge on any atom is -0.351 e. The van der Waals surface area contributed by atoms with Crippen LogP contribution in [0.15, 0.2) is 35.7 Å². The highest BCUT2D eigenvalue weighted by Gasteiger charge is 2.05. The topological polar surface area (TPSA) is 66.6 Å². The largest absolute Gasteiger partial charge is 0.351 e. The van der Waals surface area contributed by atoms with Crippen molar-refractivity contribution in [2.75, 3.05) is 7.05 Å². The van der Waals surface area contributed by atoms with Crippen LogP contribution in [0.25, 0.3) is 5.65 Å². The molecular weight excluding hydrogens is 344 g/mol. The van der Waals surface area contributed by atoms with Crippen LogP contribution in [0.1, 0.15) is 22.5 Å². The lowest BCUT2D eigenvalue weighted by molar-refractivity contribution is 0.795. The van der Waals surface area contributed by atoms with E-state index in [9.17, 15) is 0 Å². The van der Waals surface area contributed by atoms with Crippen molar-refractivity contribution in [3.8, 4) is 0 Å². The second-order valence-corrected chi connectivity index (χ2v) is 6.83. The molecule has 0 saturated carbocycles. The van der Waals surface area contributed by atoms with E-state index in [1.54, 1.807) is 18.4 Å². The van der Waals surface area contributed by atoms with Gasteiger partial charge < -0.3 is 15.0 Å². The third-order valence-electron chi connectivity index (χ3n) is 3.48. The van der Waals surface area contributed by atoms with E-state index in [1.807, 2.05) is 35.1 Å². The van der Waals surface area contributed by atoms with Crippen molar-refractivity contribution in [1.29, 1.82) is 0 Å². The summed E-state index contributed by atoms with van der Waals surface area (Å²) in [5.41, 5.74) is 1.79. The molecule has 3 heterocycles. The third-order valence-corrected chi connectivity index (χ3v) is 4.85. The van der Waals surface area contributed by atoms with Gasteiger partial charge in [0.2, 0.25) is 0 Å². The van der Waals surface area contributed by atoms with Gasteiger partial charge in [-0.2, -0.15) is 0 Å². The van der Waals surface area contributed by atoms with Crippen molar-refractivity contribution < 1.29 is 0 Å². The predicted molar refractivity (Wildman–Crippen MR) is 98.7 cm³/mol. The fraction of sp³-hybridized carbons (Fsp3) is 0.312. The molecule has 0 aliphatic heterocycles. The van der Waals surface area contributed by atoms with E-state index >= 15 is 0 Å². The Morgan fingerprint density at radius 2 is 2.12 bits per heavy atom. The molecule has 6 nitrogen and oxygen atoms in total. The maximum absolute atomic E-state index is 5.99. The highest BCUT2D eigenvalue weighted by atomic mass is 35.5. The van der Waals surface area contributed by atoms with Crippen LogP contribution in [0, 0.1) is 0 Å². The van der Waals surface area contributed by atoms with E-state index in [0.717, 1.165) is 28.7 Å². The summed E-state index contributed by atoms with van der Waals surface area (Å²) in [5, 5.41) is 8.27. The minimum absolute atomic E-state index is 0.580. The number of aromatic nitrogens is 3. The summed E-state index contributed by atoms with van der Waals surface area (Å²) >= 11 is 7.71. The normalized spacial score (nSPS) is 11.9. The van der Waals surface area contributed by atoms with Gasteiger partial charge in [-0.15, -0.1) is 11.3 Å². The number of fused-ring (bicyclic) bond motifs is 1. The smallest absolute Gasteiger partial charge is 0.191 e. The first-order chi connectivity index (χ1) is 11.7. The minimum atomic E-state index is 0.580. The molecular formula is C16H19ClN6S. The monoisotopic (exact) mass is 362 g/mol. The summed E-state index contributed by atoms with van der Waals surface area (Å²) in [4.78, 5) is 14.5. The summed E-state index contributed by atoms with van der Waals surface area (Å²) in [7, 11) is 1.75. The molecule has 0 fully saturated rings. The van der Waals surface area contributed by atoms with Crippen LogP contribution >= 0.6 is 22.9 Å². The molecule has 24 heavy (non-hydrogen) atoms. The van der Waals surface area contributed by atoms with Crippen LogP contribution in [0.4, 0.5) is 0 Å². The lowest BCUT2D eigenvalue weighted by Gasteiger charge is -2.09. The molecule has 3 rings (SSSR count). The SMILES string of the molecule is CCc1cnc(CNC(=NC)NCc2cn3cc(Cl)ccc3n2)s1. The Labute approximate surface area is 149 Å². The number of aryl methyl sites for hydroxylation is 1. The summed E-state index contributed by atoms with van der Waals surface area (Å²) in [6, 6.07) is 3.73. The van der Waals surface area contributed by atoms with E-state index in [0.29, 0.717) is 18.1 Å². The van der Waals surface area contributed by atoms with Crippen molar-refractivity contribution in [2.45, 2.75) is 26.4 Å². The lowest BCUT2D eigenvalue weighted by Crippen LogP contribution is -2.36. The number of halogens is 1. The van der Waals surface area contributed by atoms with Gasteiger partial charge in [-0.3, -0.25) is 4.99 Å². The number of imidazole rings is 1. The van der Waals surface area contributed by atoms with Gasteiger partial charge in [0.1, 0.15) is 10.7 Å². The number of thiazole rings is 1. The molecule has 0 atom stereocenters. The lowest BCUT2D eigenvalue weighted by atomic mass is 10.4. The molecule has 3 aromatic heterocycles. The number of aliphatic imine (C=N–C) groups is 1.